The van der Waals surface area contributed by atoms with Gasteiger partial charge in [-0.25, -0.2) is 9.97 Å². The van der Waals surface area contributed by atoms with E-state index in [1.807, 2.05) is 0 Å². The van der Waals surface area contributed by atoms with E-state index in [2.05, 4.69) is 16.9 Å². The van der Waals surface area contributed by atoms with Gasteiger partial charge in [0.05, 0.1) is 5.39 Å². The molecule has 0 aromatic carbocycles. The molecule has 2 aromatic rings. The van der Waals surface area contributed by atoms with Gasteiger partial charge < -0.3 is 16.2 Å². The van der Waals surface area contributed by atoms with Gasteiger partial charge in [-0.15, -0.1) is 23.7 Å². The van der Waals surface area contributed by atoms with Gasteiger partial charge in [0.15, 0.2) is 0 Å². The van der Waals surface area contributed by atoms with E-state index < -0.39 is 0 Å². The molecule has 2 aliphatic carbocycles. The molecule has 4 rings (SSSR count). The van der Waals surface area contributed by atoms with E-state index in [9.17, 15) is 4.79 Å². The van der Waals surface area contributed by atoms with Crippen LogP contribution in [0.15, 0.2) is 6.33 Å². The zero-order chi connectivity index (χ0) is 18.3. The number of primary amides is 1. The number of rotatable bonds is 5. The highest BCUT2D eigenvalue weighted by Crippen LogP contribution is 2.47. The number of hydrogen-bond donors (Lipinski definition) is 2. The summed E-state index contributed by atoms with van der Waals surface area (Å²) < 4.78 is 6.33. The minimum Gasteiger partial charge on any atom is -0.474 e. The number of ether oxygens (including phenoxy) is 1. The third-order valence-electron chi connectivity index (χ3n) is 6.05. The third kappa shape index (κ3) is 3.91. The molecule has 0 spiro atoms. The molecule has 27 heavy (non-hydrogen) atoms. The molecule has 0 unspecified atom stereocenters. The average Bonchev–Trinajstić information content (AvgIpc) is 3.17. The molecule has 8 heteroatoms. The maximum atomic E-state index is 11.5. The van der Waals surface area contributed by atoms with Crippen molar-refractivity contribution in [3.05, 3.63) is 16.8 Å². The van der Waals surface area contributed by atoms with Crippen LogP contribution < -0.4 is 16.2 Å². The number of carbonyl (C=O) groups is 1. The van der Waals surface area contributed by atoms with Crippen molar-refractivity contribution in [3.8, 4) is 5.88 Å². The van der Waals surface area contributed by atoms with Gasteiger partial charge >= 0.3 is 0 Å². The Morgan fingerprint density at radius 1 is 1.33 bits per heavy atom. The van der Waals surface area contributed by atoms with E-state index in [0.29, 0.717) is 12.3 Å². The Morgan fingerprint density at radius 3 is 2.74 bits per heavy atom. The number of aryl methyl sites for hydroxylation is 1. The predicted molar refractivity (Wildman–Crippen MR) is 110 cm³/mol. The number of thiophene rings is 1. The molecule has 0 bridgehead atoms. The van der Waals surface area contributed by atoms with Crippen LogP contribution in [0, 0.1) is 0 Å². The van der Waals surface area contributed by atoms with Crippen molar-refractivity contribution >= 4 is 39.9 Å². The first kappa shape index (κ1) is 20.3. The fraction of sp³-hybridized carbons (Fsp3) is 0.632. The molecule has 0 saturated heterocycles. The number of nitrogens with two attached hydrogens (primary N) is 2. The Hall–Kier alpha value is -1.44. The van der Waals surface area contributed by atoms with E-state index in [0.717, 1.165) is 55.2 Å². The summed E-state index contributed by atoms with van der Waals surface area (Å²) in [5.41, 5.74) is 13.0. The molecular weight excluding hydrogens is 384 g/mol. The number of carbonyl (C=O) groups excluding carboxylic acids is 1. The summed E-state index contributed by atoms with van der Waals surface area (Å²) in [6.45, 7) is 2.16. The first-order valence-electron chi connectivity index (χ1n) is 9.49. The van der Waals surface area contributed by atoms with E-state index >= 15 is 0 Å². The van der Waals surface area contributed by atoms with Crippen LogP contribution in [0.1, 0.15) is 68.2 Å². The van der Waals surface area contributed by atoms with Crippen molar-refractivity contribution in [3.63, 3.8) is 0 Å². The fourth-order valence-corrected chi connectivity index (χ4v) is 5.60. The average molecular weight is 411 g/mol. The maximum Gasteiger partial charge on any atom is 0.225 e. The Balaban J connectivity index is 0.00000210. The van der Waals surface area contributed by atoms with Crippen molar-refractivity contribution in [1.29, 1.82) is 0 Å². The summed E-state index contributed by atoms with van der Waals surface area (Å²) >= 11 is 1.69. The van der Waals surface area contributed by atoms with Crippen molar-refractivity contribution in [1.82, 2.24) is 9.97 Å². The van der Waals surface area contributed by atoms with Gasteiger partial charge in [-0.05, 0) is 56.4 Å². The zero-order valence-corrected chi connectivity index (χ0v) is 17.2. The number of halogens is 1. The Bertz CT molecular complexity index is 832. The quantitative estimate of drug-likeness (QED) is 0.785. The van der Waals surface area contributed by atoms with Crippen molar-refractivity contribution < 1.29 is 9.53 Å². The number of fused-ring (bicyclic) bond motifs is 3. The molecule has 4 N–H and O–H groups in total. The molecule has 1 amide bonds. The first-order valence-corrected chi connectivity index (χ1v) is 10.3. The number of nitrogens with zero attached hydrogens (tertiary/aromatic N) is 2. The van der Waals surface area contributed by atoms with Gasteiger partial charge in [0, 0.05) is 16.8 Å². The van der Waals surface area contributed by atoms with Gasteiger partial charge in [-0.1, -0.05) is 6.92 Å². The van der Waals surface area contributed by atoms with Crippen molar-refractivity contribution in [2.75, 3.05) is 0 Å². The highest BCUT2D eigenvalue weighted by atomic mass is 35.5. The van der Waals surface area contributed by atoms with Crippen LogP contribution in [0.5, 0.6) is 5.88 Å². The lowest BCUT2D eigenvalue weighted by Crippen LogP contribution is -2.44. The lowest BCUT2D eigenvalue weighted by Gasteiger charge is -2.36. The normalized spacial score (nSPS) is 27.2. The van der Waals surface area contributed by atoms with Crippen LogP contribution in [0.3, 0.4) is 0 Å². The minimum atomic E-state index is -0.257. The zero-order valence-electron chi connectivity index (χ0n) is 15.6. The lowest BCUT2D eigenvalue weighted by molar-refractivity contribution is -0.118. The number of amides is 1. The van der Waals surface area contributed by atoms with E-state index in [1.54, 1.807) is 17.7 Å². The van der Waals surface area contributed by atoms with Gasteiger partial charge in [-0.2, -0.15) is 0 Å². The van der Waals surface area contributed by atoms with E-state index in [4.69, 9.17) is 16.2 Å². The third-order valence-corrected chi connectivity index (χ3v) is 7.23. The second-order valence-corrected chi connectivity index (χ2v) is 8.82. The Labute approximate surface area is 169 Å². The van der Waals surface area contributed by atoms with Crippen molar-refractivity contribution in [2.24, 2.45) is 11.5 Å². The highest BCUT2D eigenvalue weighted by Gasteiger charge is 2.34. The van der Waals surface area contributed by atoms with Gasteiger partial charge in [0.1, 0.15) is 17.3 Å². The Morgan fingerprint density at radius 2 is 2.07 bits per heavy atom. The summed E-state index contributed by atoms with van der Waals surface area (Å²) in [7, 11) is 0. The van der Waals surface area contributed by atoms with Gasteiger partial charge in [0.25, 0.3) is 0 Å². The summed E-state index contributed by atoms with van der Waals surface area (Å²) in [5, 5.41) is 0.997. The van der Waals surface area contributed by atoms with Gasteiger partial charge in [0.2, 0.25) is 11.8 Å². The van der Waals surface area contributed by atoms with Crippen LogP contribution in [0.4, 0.5) is 0 Å². The summed E-state index contributed by atoms with van der Waals surface area (Å²) in [4.78, 5) is 22.6. The molecule has 1 saturated carbocycles. The maximum absolute atomic E-state index is 11.5. The molecule has 148 valence electrons. The van der Waals surface area contributed by atoms with Crippen LogP contribution >= 0.6 is 23.7 Å². The highest BCUT2D eigenvalue weighted by molar-refractivity contribution is 7.19. The number of hydrogen-bond acceptors (Lipinski definition) is 6. The van der Waals surface area contributed by atoms with Crippen LogP contribution in [-0.4, -0.2) is 27.5 Å². The van der Waals surface area contributed by atoms with Crippen LogP contribution in [-0.2, 0) is 11.2 Å². The Kier molecular flexibility index (Phi) is 5.93. The van der Waals surface area contributed by atoms with Gasteiger partial charge in [-0.3, -0.25) is 4.79 Å². The first-order chi connectivity index (χ1) is 12.5. The molecule has 1 atom stereocenters. The second kappa shape index (κ2) is 7.89. The molecule has 0 aliphatic heterocycles. The monoisotopic (exact) mass is 410 g/mol. The molecular formula is C19H27ClN4O2S. The molecule has 6 nitrogen and oxygen atoms in total. The second-order valence-electron chi connectivity index (χ2n) is 7.74. The summed E-state index contributed by atoms with van der Waals surface area (Å²) in [6, 6.07) is 0. The smallest absolute Gasteiger partial charge is 0.225 e. The predicted octanol–water partition coefficient (Wildman–Crippen LogP) is 3.45. The van der Waals surface area contributed by atoms with Crippen molar-refractivity contribution in [2.45, 2.75) is 75.9 Å². The van der Waals surface area contributed by atoms with E-state index in [1.165, 1.54) is 10.4 Å². The molecule has 1 fully saturated rings. The SMILES string of the molecule is CCC1(N)CCC(Oc2ncnc3sc4c(c23)[C@@H](CC(N)=O)CC4)CC1.Cl. The topological polar surface area (TPSA) is 104 Å². The molecule has 2 aromatic heterocycles. The summed E-state index contributed by atoms with van der Waals surface area (Å²) in [6.07, 6.45) is 8.90. The number of aromatic nitrogens is 2. The fourth-order valence-electron chi connectivity index (χ4n) is 4.37. The lowest BCUT2D eigenvalue weighted by atomic mass is 9.79. The minimum absolute atomic E-state index is 0. The largest absolute Gasteiger partial charge is 0.474 e. The van der Waals surface area contributed by atoms with E-state index in [-0.39, 0.29) is 35.9 Å². The van der Waals surface area contributed by atoms with Crippen LogP contribution in [0.25, 0.3) is 10.2 Å². The van der Waals surface area contributed by atoms with Crippen LogP contribution in [0.2, 0.25) is 0 Å². The molecule has 2 aliphatic rings. The molecule has 2 heterocycles. The summed E-state index contributed by atoms with van der Waals surface area (Å²) in [5.74, 6) is 0.565. The molecule has 0 radical (unpaired) electrons. The standard InChI is InChI=1S/C19H26N4O2S.ClH/c1-2-19(21)7-5-12(6-8-19)25-17-16-15-11(9-14(20)24)3-4-13(15)26-18(16)23-10-22-17;/h10-12H,2-9,21H2,1H3,(H2,20,24);1H/t11-,12?,19?;/m1./s1.